The van der Waals surface area contributed by atoms with E-state index in [9.17, 15) is 17.6 Å². The molecule has 2 heterocycles. The van der Waals surface area contributed by atoms with E-state index in [0.29, 0.717) is 18.6 Å². The Bertz CT molecular complexity index is 867. The summed E-state index contributed by atoms with van der Waals surface area (Å²) in [5.74, 6) is 0.350. The van der Waals surface area contributed by atoms with Crippen LogP contribution in [0.4, 0.5) is 23.4 Å². The van der Waals surface area contributed by atoms with Gasteiger partial charge in [0.15, 0.2) is 5.96 Å². The van der Waals surface area contributed by atoms with Gasteiger partial charge in [-0.3, -0.25) is 4.99 Å². The minimum Gasteiger partial charge on any atom is -0.357 e. The van der Waals surface area contributed by atoms with Crippen LogP contribution >= 0.6 is 24.0 Å². The Labute approximate surface area is 190 Å². The highest BCUT2D eigenvalue weighted by Crippen LogP contribution is 2.32. The second kappa shape index (κ2) is 10.8. The molecule has 164 valence electrons. The lowest BCUT2D eigenvalue weighted by Gasteiger charge is -2.18. The number of pyridine rings is 1. The number of aromatic nitrogens is 1. The number of rotatable bonds is 5. The minimum atomic E-state index is -4.63. The molecule has 0 atom stereocenters. The number of halogens is 5. The number of guanidine groups is 1. The molecule has 1 saturated heterocycles. The number of anilines is 1. The molecule has 1 aliphatic heterocycles. The van der Waals surface area contributed by atoms with Crippen molar-refractivity contribution in [3.8, 4) is 0 Å². The zero-order valence-electron chi connectivity index (χ0n) is 16.5. The van der Waals surface area contributed by atoms with E-state index in [1.54, 1.807) is 6.20 Å². The number of alkyl halides is 3. The maximum Gasteiger partial charge on any atom is 0.416 e. The van der Waals surface area contributed by atoms with Crippen LogP contribution in [-0.2, 0) is 19.3 Å². The first kappa shape index (κ1) is 24.2. The molecule has 0 aliphatic carbocycles. The van der Waals surface area contributed by atoms with Crippen molar-refractivity contribution in [1.29, 1.82) is 0 Å². The molecule has 1 aliphatic rings. The highest BCUT2D eigenvalue weighted by atomic mass is 127. The van der Waals surface area contributed by atoms with E-state index in [1.807, 2.05) is 12.1 Å². The second-order valence-electron chi connectivity index (χ2n) is 6.79. The zero-order chi connectivity index (χ0) is 20.9. The number of hydrogen-bond donors (Lipinski definition) is 2. The predicted molar refractivity (Wildman–Crippen MR) is 120 cm³/mol. The first-order valence-electron chi connectivity index (χ1n) is 9.37. The van der Waals surface area contributed by atoms with Crippen LogP contribution in [-0.4, -0.2) is 31.1 Å². The standard InChI is InChI=1S/C20H23F4N5.HI/c1-25-19(28-13-15-4-5-16(21)11-17(15)20(22,23)24)27-12-14-6-7-26-18(10-14)29-8-2-3-9-29;/h4-7,10-11H,2-3,8-9,12-13H2,1H3,(H2,25,27,28);1H. The van der Waals surface area contributed by atoms with Gasteiger partial charge >= 0.3 is 6.18 Å². The van der Waals surface area contributed by atoms with Crippen LogP contribution in [0.3, 0.4) is 0 Å². The van der Waals surface area contributed by atoms with Crippen molar-refractivity contribution in [3.05, 3.63) is 59.0 Å². The Morgan fingerprint density at radius 3 is 2.47 bits per heavy atom. The molecule has 2 N–H and O–H groups in total. The fraction of sp³-hybridized carbons (Fsp3) is 0.400. The highest BCUT2D eigenvalue weighted by molar-refractivity contribution is 14.0. The maximum atomic E-state index is 13.2. The molecule has 0 radical (unpaired) electrons. The summed E-state index contributed by atoms with van der Waals surface area (Å²) in [6, 6.07) is 6.52. The van der Waals surface area contributed by atoms with E-state index < -0.39 is 17.6 Å². The summed E-state index contributed by atoms with van der Waals surface area (Å²) in [5.41, 5.74) is -0.0606. The molecule has 1 fully saturated rings. The summed E-state index contributed by atoms with van der Waals surface area (Å²) < 4.78 is 52.6. The third-order valence-electron chi connectivity index (χ3n) is 4.75. The first-order valence-corrected chi connectivity index (χ1v) is 9.37. The molecule has 0 bridgehead atoms. The van der Waals surface area contributed by atoms with Crippen molar-refractivity contribution in [3.63, 3.8) is 0 Å². The normalized spacial score (nSPS) is 14.4. The number of hydrogen-bond acceptors (Lipinski definition) is 3. The summed E-state index contributed by atoms with van der Waals surface area (Å²) in [4.78, 5) is 10.7. The molecule has 0 saturated carbocycles. The quantitative estimate of drug-likeness (QED) is 0.258. The van der Waals surface area contributed by atoms with Crippen molar-refractivity contribution in [2.75, 3.05) is 25.0 Å². The topological polar surface area (TPSA) is 52.6 Å². The van der Waals surface area contributed by atoms with Crippen molar-refractivity contribution in [2.24, 2.45) is 4.99 Å². The van der Waals surface area contributed by atoms with Crippen LogP contribution in [0, 0.1) is 5.82 Å². The van der Waals surface area contributed by atoms with Crippen molar-refractivity contribution < 1.29 is 17.6 Å². The predicted octanol–water partition coefficient (Wildman–Crippen LogP) is 4.32. The summed E-state index contributed by atoms with van der Waals surface area (Å²) in [6.45, 7) is 2.29. The van der Waals surface area contributed by atoms with Gasteiger partial charge in [-0.1, -0.05) is 6.07 Å². The van der Waals surface area contributed by atoms with Crippen LogP contribution in [0.25, 0.3) is 0 Å². The maximum absolute atomic E-state index is 13.2. The van der Waals surface area contributed by atoms with Crippen LogP contribution < -0.4 is 15.5 Å². The number of benzene rings is 1. The van der Waals surface area contributed by atoms with Gasteiger partial charge in [-0.25, -0.2) is 9.37 Å². The van der Waals surface area contributed by atoms with Crippen molar-refractivity contribution in [1.82, 2.24) is 15.6 Å². The Morgan fingerprint density at radius 2 is 1.80 bits per heavy atom. The van der Waals surface area contributed by atoms with Gasteiger partial charge in [0.25, 0.3) is 0 Å². The van der Waals surface area contributed by atoms with Gasteiger partial charge < -0.3 is 15.5 Å². The minimum absolute atomic E-state index is 0. The largest absolute Gasteiger partial charge is 0.416 e. The molecular formula is C20H24F4IN5. The molecule has 5 nitrogen and oxygen atoms in total. The third kappa shape index (κ3) is 6.44. The van der Waals surface area contributed by atoms with Gasteiger partial charge in [0.2, 0.25) is 0 Å². The average molecular weight is 537 g/mol. The monoisotopic (exact) mass is 537 g/mol. The van der Waals surface area contributed by atoms with Gasteiger partial charge in [-0.15, -0.1) is 24.0 Å². The smallest absolute Gasteiger partial charge is 0.357 e. The van der Waals surface area contributed by atoms with Gasteiger partial charge in [-0.05, 0) is 48.2 Å². The molecule has 0 unspecified atom stereocenters. The lowest BCUT2D eigenvalue weighted by molar-refractivity contribution is -0.138. The van der Waals surface area contributed by atoms with E-state index >= 15 is 0 Å². The second-order valence-corrected chi connectivity index (χ2v) is 6.79. The summed E-state index contributed by atoms with van der Waals surface area (Å²) in [7, 11) is 1.53. The Kier molecular flexibility index (Phi) is 8.68. The van der Waals surface area contributed by atoms with Gasteiger partial charge in [-0.2, -0.15) is 13.2 Å². The molecule has 0 amide bonds. The first-order chi connectivity index (χ1) is 13.9. The number of nitrogens with zero attached hydrogens (tertiary/aromatic N) is 3. The van der Waals surface area contributed by atoms with Gasteiger partial charge in [0.05, 0.1) is 5.56 Å². The van der Waals surface area contributed by atoms with Gasteiger partial charge in [0.1, 0.15) is 11.6 Å². The third-order valence-corrected chi connectivity index (χ3v) is 4.75. The molecule has 2 aromatic rings. The molecule has 1 aromatic carbocycles. The van der Waals surface area contributed by atoms with Crippen molar-refractivity contribution in [2.45, 2.75) is 32.1 Å². The summed E-state index contributed by atoms with van der Waals surface area (Å²) >= 11 is 0. The lowest BCUT2D eigenvalue weighted by Crippen LogP contribution is -2.36. The SMILES string of the molecule is CN=C(NCc1ccnc(N2CCCC2)c1)NCc1ccc(F)cc1C(F)(F)F.I. The molecular weight excluding hydrogens is 513 g/mol. The average Bonchev–Trinajstić information content (AvgIpc) is 3.23. The van der Waals surface area contributed by atoms with Crippen LogP contribution in [0.2, 0.25) is 0 Å². The Balaban J connectivity index is 0.00000320. The molecule has 0 spiro atoms. The highest BCUT2D eigenvalue weighted by Gasteiger charge is 2.33. The van der Waals surface area contributed by atoms with Crippen LogP contribution in [0.5, 0.6) is 0 Å². The van der Waals surface area contributed by atoms with E-state index in [0.717, 1.165) is 49.4 Å². The Morgan fingerprint density at radius 1 is 1.10 bits per heavy atom. The van der Waals surface area contributed by atoms with E-state index in [-0.39, 0.29) is 36.1 Å². The van der Waals surface area contributed by atoms with Crippen molar-refractivity contribution >= 4 is 35.8 Å². The Hall–Kier alpha value is -2.11. The van der Waals surface area contributed by atoms with Gasteiger partial charge in [0, 0.05) is 39.4 Å². The molecule has 1 aromatic heterocycles. The molecule has 10 heteroatoms. The summed E-state index contributed by atoms with van der Waals surface area (Å²) in [6.07, 6.45) is -0.567. The molecule has 30 heavy (non-hydrogen) atoms. The van der Waals surface area contributed by atoms with E-state index in [4.69, 9.17) is 0 Å². The zero-order valence-corrected chi connectivity index (χ0v) is 18.8. The fourth-order valence-electron chi connectivity index (χ4n) is 3.24. The molecule has 3 rings (SSSR count). The van der Waals surface area contributed by atoms with Crippen LogP contribution in [0.1, 0.15) is 29.5 Å². The van der Waals surface area contributed by atoms with E-state index in [1.165, 1.54) is 7.05 Å². The van der Waals surface area contributed by atoms with Crippen LogP contribution in [0.15, 0.2) is 41.5 Å². The lowest BCUT2D eigenvalue weighted by atomic mass is 10.1. The van der Waals surface area contributed by atoms with E-state index in [2.05, 4.69) is 25.5 Å². The number of aliphatic imine (C=N–C) groups is 1. The summed E-state index contributed by atoms with van der Waals surface area (Å²) in [5, 5.41) is 5.93. The fourth-order valence-corrected chi connectivity index (χ4v) is 3.24. The number of nitrogens with one attached hydrogen (secondary N) is 2.